The lowest BCUT2D eigenvalue weighted by Crippen LogP contribution is -2.23. The van der Waals surface area contributed by atoms with E-state index in [1.54, 1.807) is 7.11 Å². The Balaban J connectivity index is 2.13. The standard InChI is InChI=1S/C17H28N2O/c1-5-7-14(6-2)16-11-18-17(10-13(16)3)19-9-8-15(12-19)20-4/h10-11,14-15H,5-9,12H2,1-4H3. The number of pyridine rings is 1. The summed E-state index contributed by atoms with van der Waals surface area (Å²) in [6.45, 7) is 8.78. The van der Waals surface area contributed by atoms with Crippen LogP contribution in [0.3, 0.4) is 0 Å². The number of ether oxygens (including phenoxy) is 1. The van der Waals surface area contributed by atoms with Gasteiger partial charge in [0.15, 0.2) is 0 Å². The van der Waals surface area contributed by atoms with Gasteiger partial charge in [0.05, 0.1) is 6.10 Å². The van der Waals surface area contributed by atoms with E-state index in [1.165, 1.54) is 30.4 Å². The molecule has 0 aromatic carbocycles. The number of anilines is 1. The van der Waals surface area contributed by atoms with Gasteiger partial charge < -0.3 is 9.64 Å². The molecule has 20 heavy (non-hydrogen) atoms. The van der Waals surface area contributed by atoms with Crippen molar-refractivity contribution < 1.29 is 4.74 Å². The van der Waals surface area contributed by atoms with Crippen molar-refractivity contribution in [2.75, 3.05) is 25.1 Å². The first-order chi connectivity index (χ1) is 9.69. The Hall–Kier alpha value is -1.09. The van der Waals surface area contributed by atoms with Crippen LogP contribution >= 0.6 is 0 Å². The van der Waals surface area contributed by atoms with Crippen molar-refractivity contribution in [3.8, 4) is 0 Å². The molecule has 3 heteroatoms. The van der Waals surface area contributed by atoms with Crippen molar-refractivity contribution in [3.05, 3.63) is 23.4 Å². The van der Waals surface area contributed by atoms with Gasteiger partial charge in [-0.2, -0.15) is 0 Å². The Labute approximate surface area is 123 Å². The highest BCUT2D eigenvalue weighted by atomic mass is 16.5. The molecule has 2 unspecified atom stereocenters. The highest BCUT2D eigenvalue weighted by molar-refractivity contribution is 5.45. The molecule has 0 spiro atoms. The summed E-state index contributed by atoms with van der Waals surface area (Å²) in [5.41, 5.74) is 2.82. The summed E-state index contributed by atoms with van der Waals surface area (Å²) in [6, 6.07) is 2.26. The van der Waals surface area contributed by atoms with Gasteiger partial charge in [0.25, 0.3) is 0 Å². The van der Waals surface area contributed by atoms with Crippen molar-refractivity contribution in [1.82, 2.24) is 4.98 Å². The Morgan fingerprint density at radius 2 is 2.25 bits per heavy atom. The lowest BCUT2D eigenvalue weighted by molar-refractivity contribution is 0.121. The Morgan fingerprint density at radius 1 is 1.45 bits per heavy atom. The van der Waals surface area contributed by atoms with Crippen LogP contribution in [-0.4, -0.2) is 31.3 Å². The lowest BCUT2D eigenvalue weighted by Gasteiger charge is -2.21. The number of nitrogens with zero attached hydrogens (tertiary/aromatic N) is 2. The predicted octanol–water partition coefficient (Wildman–Crippen LogP) is 3.91. The van der Waals surface area contributed by atoms with Gasteiger partial charge in [0.2, 0.25) is 0 Å². The maximum Gasteiger partial charge on any atom is 0.128 e. The molecule has 1 saturated heterocycles. The molecular formula is C17H28N2O. The second-order valence-electron chi connectivity index (χ2n) is 5.89. The van der Waals surface area contributed by atoms with E-state index in [0.717, 1.165) is 25.3 Å². The summed E-state index contributed by atoms with van der Waals surface area (Å²) < 4.78 is 5.43. The van der Waals surface area contributed by atoms with Crippen molar-refractivity contribution >= 4 is 5.82 Å². The van der Waals surface area contributed by atoms with Gasteiger partial charge in [-0.15, -0.1) is 0 Å². The van der Waals surface area contributed by atoms with Crippen molar-refractivity contribution in [2.24, 2.45) is 0 Å². The average Bonchev–Trinajstić information content (AvgIpc) is 2.94. The number of hydrogen-bond acceptors (Lipinski definition) is 3. The van der Waals surface area contributed by atoms with E-state index in [9.17, 15) is 0 Å². The molecule has 1 aromatic rings. The zero-order chi connectivity index (χ0) is 14.5. The van der Waals surface area contributed by atoms with Gasteiger partial charge in [-0.1, -0.05) is 20.3 Å². The third kappa shape index (κ3) is 3.32. The predicted molar refractivity (Wildman–Crippen MR) is 84.5 cm³/mol. The van der Waals surface area contributed by atoms with Gasteiger partial charge in [-0.3, -0.25) is 0 Å². The summed E-state index contributed by atoms with van der Waals surface area (Å²) >= 11 is 0. The van der Waals surface area contributed by atoms with Crippen LogP contribution in [0.25, 0.3) is 0 Å². The maximum atomic E-state index is 5.43. The smallest absolute Gasteiger partial charge is 0.128 e. The number of rotatable bonds is 6. The summed E-state index contributed by atoms with van der Waals surface area (Å²) in [7, 11) is 1.80. The average molecular weight is 276 g/mol. The molecule has 0 saturated carbocycles. The summed E-state index contributed by atoms with van der Waals surface area (Å²) in [5.74, 6) is 1.77. The van der Waals surface area contributed by atoms with E-state index in [0.29, 0.717) is 12.0 Å². The van der Waals surface area contributed by atoms with Crippen LogP contribution < -0.4 is 4.90 Å². The van der Waals surface area contributed by atoms with Crippen LogP contribution in [0, 0.1) is 6.92 Å². The zero-order valence-electron chi connectivity index (χ0n) is 13.4. The van der Waals surface area contributed by atoms with Gasteiger partial charge in [-0.25, -0.2) is 4.98 Å². The van der Waals surface area contributed by atoms with E-state index in [-0.39, 0.29) is 0 Å². The van der Waals surface area contributed by atoms with E-state index in [1.807, 2.05) is 0 Å². The maximum absolute atomic E-state index is 5.43. The molecule has 0 N–H and O–H groups in total. The molecule has 0 bridgehead atoms. The molecular weight excluding hydrogens is 248 g/mol. The first-order valence-electron chi connectivity index (χ1n) is 7.93. The molecule has 0 aliphatic carbocycles. The monoisotopic (exact) mass is 276 g/mol. The largest absolute Gasteiger partial charge is 0.380 e. The molecule has 1 aliphatic heterocycles. The zero-order valence-corrected chi connectivity index (χ0v) is 13.4. The van der Waals surface area contributed by atoms with Crippen LogP contribution in [0.2, 0.25) is 0 Å². The van der Waals surface area contributed by atoms with E-state index in [4.69, 9.17) is 9.72 Å². The quantitative estimate of drug-likeness (QED) is 0.787. The van der Waals surface area contributed by atoms with Crippen LogP contribution in [0.15, 0.2) is 12.3 Å². The Bertz CT molecular complexity index is 433. The summed E-state index contributed by atoms with van der Waals surface area (Å²) in [5, 5.41) is 0. The molecule has 2 atom stereocenters. The molecule has 1 aliphatic rings. The van der Waals surface area contributed by atoms with E-state index >= 15 is 0 Å². The number of aryl methyl sites for hydroxylation is 1. The Kier molecular flexibility index (Phi) is 5.41. The fraction of sp³-hybridized carbons (Fsp3) is 0.706. The van der Waals surface area contributed by atoms with E-state index < -0.39 is 0 Å². The molecule has 0 radical (unpaired) electrons. The highest BCUT2D eigenvalue weighted by Crippen LogP contribution is 2.29. The summed E-state index contributed by atoms with van der Waals surface area (Å²) in [6.07, 6.45) is 7.27. The highest BCUT2D eigenvalue weighted by Gasteiger charge is 2.23. The molecule has 1 fully saturated rings. The minimum Gasteiger partial charge on any atom is -0.380 e. The van der Waals surface area contributed by atoms with Crippen LogP contribution in [0.4, 0.5) is 5.82 Å². The first-order valence-corrected chi connectivity index (χ1v) is 7.93. The minimum absolute atomic E-state index is 0.361. The van der Waals surface area contributed by atoms with Gasteiger partial charge in [-0.05, 0) is 49.3 Å². The van der Waals surface area contributed by atoms with E-state index in [2.05, 4.69) is 37.9 Å². The normalized spacial score (nSPS) is 20.4. The Morgan fingerprint density at radius 3 is 2.80 bits per heavy atom. The number of methoxy groups -OCH3 is 1. The molecule has 3 nitrogen and oxygen atoms in total. The lowest BCUT2D eigenvalue weighted by atomic mass is 9.90. The molecule has 112 valence electrons. The van der Waals surface area contributed by atoms with Crippen LogP contribution in [0.1, 0.15) is 56.6 Å². The molecule has 0 amide bonds. The van der Waals surface area contributed by atoms with Crippen molar-refractivity contribution in [1.29, 1.82) is 0 Å². The molecule has 2 heterocycles. The van der Waals surface area contributed by atoms with Crippen molar-refractivity contribution in [3.63, 3.8) is 0 Å². The topological polar surface area (TPSA) is 25.4 Å². The summed E-state index contributed by atoms with van der Waals surface area (Å²) in [4.78, 5) is 7.05. The first kappa shape index (κ1) is 15.3. The minimum atomic E-state index is 0.361. The van der Waals surface area contributed by atoms with Gasteiger partial charge in [0, 0.05) is 26.4 Å². The number of hydrogen-bond donors (Lipinski definition) is 0. The van der Waals surface area contributed by atoms with Crippen molar-refractivity contribution in [2.45, 2.75) is 58.5 Å². The number of aromatic nitrogens is 1. The van der Waals surface area contributed by atoms with Gasteiger partial charge >= 0.3 is 0 Å². The fourth-order valence-electron chi connectivity index (χ4n) is 3.21. The third-order valence-electron chi connectivity index (χ3n) is 4.51. The SMILES string of the molecule is CCCC(CC)c1cnc(N2CCC(OC)C2)cc1C. The second kappa shape index (κ2) is 7.07. The second-order valence-corrected chi connectivity index (χ2v) is 5.89. The van der Waals surface area contributed by atoms with Gasteiger partial charge in [0.1, 0.15) is 5.82 Å². The van der Waals surface area contributed by atoms with Crippen LogP contribution in [0.5, 0.6) is 0 Å². The third-order valence-corrected chi connectivity index (χ3v) is 4.51. The van der Waals surface area contributed by atoms with Crippen LogP contribution in [-0.2, 0) is 4.74 Å². The fourth-order valence-corrected chi connectivity index (χ4v) is 3.21. The molecule has 1 aromatic heterocycles. The molecule has 2 rings (SSSR count).